The van der Waals surface area contributed by atoms with Crippen molar-refractivity contribution >= 4 is 0 Å². The normalized spacial score (nSPS) is 12.7. The number of pyridine rings is 1. The van der Waals surface area contributed by atoms with Gasteiger partial charge in [-0.2, -0.15) is 26.6 Å². The Morgan fingerprint density at radius 2 is 1.83 bits per heavy atom. The molecule has 0 unspecified atom stereocenters. The first-order valence-corrected chi connectivity index (χ1v) is 4.60. The van der Waals surface area contributed by atoms with Crippen molar-refractivity contribution in [3.63, 3.8) is 0 Å². The molecule has 2 aromatic rings. The van der Waals surface area contributed by atoms with Gasteiger partial charge in [-0.3, -0.25) is 4.98 Å². The number of hydrogen-bond donors (Lipinski definition) is 0. The van der Waals surface area contributed by atoms with Gasteiger partial charge in [0.15, 0.2) is 0 Å². The van der Waals surface area contributed by atoms with E-state index >= 15 is 0 Å². The average Bonchev–Trinajstić information content (AvgIpc) is 2.78. The first kappa shape index (κ1) is 12.4. The van der Waals surface area contributed by atoms with E-state index in [-0.39, 0.29) is 5.69 Å². The largest absolute Gasteiger partial charge is 0.477 e. The molecule has 0 N–H and O–H groups in total. The van der Waals surface area contributed by atoms with Gasteiger partial charge in [0.25, 0.3) is 0 Å². The molecule has 0 aliphatic rings. The molecule has 0 aliphatic carbocycles. The van der Waals surface area contributed by atoms with Crippen LogP contribution in [0, 0.1) is 0 Å². The van der Waals surface area contributed by atoms with Gasteiger partial charge >= 0.3 is 12.2 Å². The van der Waals surface area contributed by atoms with Crippen LogP contribution in [0.25, 0.3) is 11.3 Å². The van der Waals surface area contributed by atoms with Crippen LogP contribution in [0.2, 0.25) is 0 Å². The number of aromatic nitrogens is 4. The second-order valence-electron chi connectivity index (χ2n) is 3.33. The van der Waals surface area contributed by atoms with Crippen LogP contribution in [0.1, 0.15) is 0 Å². The minimum absolute atomic E-state index is 0.118. The van der Waals surface area contributed by atoms with E-state index in [1.54, 1.807) is 0 Å². The predicted molar refractivity (Wildman–Crippen MR) is 49.5 cm³/mol. The van der Waals surface area contributed by atoms with Crippen molar-refractivity contribution in [2.24, 2.45) is 0 Å². The molecule has 96 valence electrons. The van der Waals surface area contributed by atoms with E-state index in [4.69, 9.17) is 0 Å². The number of halogens is 5. The Kier molecular flexibility index (Phi) is 2.76. The predicted octanol–water partition coefficient (Wildman–Crippen LogP) is 2.45. The van der Waals surface area contributed by atoms with Gasteiger partial charge in [0, 0.05) is 18.0 Å². The van der Waals surface area contributed by atoms with E-state index in [0.29, 0.717) is 11.8 Å². The van der Waals surface area contributed by atoms with Crippen molar-refractivity contribution < 1.29 is 22.0 Å². The minimum Gasteiger partial charge on any atom is -0.264 e. The van der Waals surface area contributed by atoms with E-state index in [9.17, 15) is 22.0 Å². The second kappa shape index (κ2) is 4.00. The lowest BCUT2D eigenvalue weighted by molar-refractivity contribution is -0.328. The fraction of sp³-hybridized carbons (Fsp3) is 0.222. The molecule has 2 rings (SSSR count). The van der Waals surface area contributed by atoms with Crippen LogP contribution in [-0.4, -0.2) is 26.2 Å². The highest BCUT2D eigenvalue weighted by atomic mass is 19.4. The standard InChI is InChI=1S/C9H5F5N4/c10-8(11,12)9(13,14)18-5-7(16-17-18)6-2-1-3-15-4-6/h1-5H. The molecule has 18 heavy (non-hydrogen) atoms. The number of rotatable bonds is 2. The Hall–Kier alpha value is -2.06. The average molecular weight is 264 g/mol. The van der Waals surface area contributed by atoms with Crippen molar-refractivity contribution in [2.75, 3.05) is 0 Å². The molecule has 9 heteroatoms. The lowest BCUT2D eigenvalue weighted by Crippen LogP contribution is -2.40. The quantitative estimate of drug-likeness (QED) is 0.782. The smallest absolute Gasteiger partial charge is 0.264 e. The molecule has 0 fully saturated rings. The summed E-state index contributed by atoms with van der Waals surface area (Å²) in [4.78, 5) is 3.69. The van der Waals surface area contributed by atoms with Crippen LogP contribution in [0.15, 0.2) is 30.7 Å². The summed E-state index contributed by atoms with van der Waals surface area (Å²) in [6, 6.07) is -2.14. The zero-order valence-electron chi connectivity index (χ0n) is 8.57. The Morgan fingerprint density at radius 1 is 1.11 bits per heavy atom. The molecule has 0 saturated carbocycles. The molecule has 0 amide bonds. The number of nitrogens with zero attached hydrogens (tertiary/aromatic N) is 4. The first-order valence-electron chi connectivity index (χ1n) is 4.60. The highest BCUT2D eigenvalue weighted by molar-refractivity contribution is 5.55. The van der Waals surface area contributed by atoms with E-state index in [1.807, 2.05) is 0 Å². The van der Waals surface area contributed by atoms with Crippen LogP contribution >= 0.6 is 0 Å². The summed E-state index contributed by atoms with van der Waals surface area (Å²) in [6.45, 7) is 0. The van der Waals surface area contributed by atoms with Gasteiger partial charge in [0.2, 0.25) is 0 Å². The third-order valence-corrected chi connectivity index (χ3v) is 2.08. The van der Waals surface area contributed by atoms with Gasteiger partial charge in [0.1, 0.15) is 5.69 Å². The summed E-state index contributed by atoms with van der Waals surface area (Å²) >= 11 is 0. The van der Waals surface area contributed by atoms with Crippen LogP contribution in [-0.2, 0) is 6.05 Å². The van der Waals surface area contributed by atoms with Gasteiger partial charge in [-0.1, -0.05) is 5.21 Å². The van der Waals surface area contributed by atoms with Gasteiger partial charge in [-0.15, -0.1) is 5.10 Å². The number of hydrogen-bond acceptors (Lipinski definition) is 3. The Balaban J connectivity index is 2.38. The van der Waals surface area contributed by atoms with Crippen molar-refractivity contribution in [2.45, 2.75) is 12.2 Å². The topological polar surface area (TPSA) is 43.6 Å². The lowest BCUT2D eigenvalue weighted by atomic mass is 10.2. The summed E-state index contributed by atoms with van der Waals surface area (Å²) in [6.07, 6.45) is -2.50. The van der Waals surface area contributed by atoms with E-state index in [1.165, 1.54) is 24.5 Å². The monoisotopic (exact) mass is 264 g/mol. The molecular weight excluding hydrogens is 259 g/mol. The molecular formula is C9H5F5N4. The summed E-state index contributed by atoms with van der Waals surface area (Å²) < 4.78 is 61.5. The maximum Gasteiger partial charge on any atom is 0.477 e. The lowest BCUT2D eigenvalue weighted by Gasteiger charge is -2.18. The fourth-order valence-electron chi connectivity index (χ4n) is 1.18. The summed E-state index contributed by atoms with van der Waals surface area (Å²) in [7, 11) is 0. The van der Waals surface area contributed by atoms with Crippen LogP contribution in [0.4, 0.5) is 22.0 Å². The molecule has 0 bridgehead atoms. The van der Waals surface area contributed by atoms with Gasteiger partial charge in [-0.05, 0) is 12.1 Å². The zero-order chi connectivity index (χ0) is 13.4. The van der Waals surface area contributed by atoms with Gasteiger partial charge in [-0.25, -0.2) is 0 Å². The molecule has 0 atom stereocenters. The van der Waals surface area contributed by atoms with Crippen LogP contribution < -0.4 is 0 Å². The summed E-state index contributed by atoms with van der Waals surface area (Å²) in [5.74, 6) is 0. The third-order valence-electron chi connectivity index (χ3n) is 2.08. The second-order valence-corrected chi connectivity index (χ2v) is 3.33. The van der Waals surface area contributed by atoms with Crippen molar-refractivity contribution in [3.05, 3.63) is 30.7 Å². The zero-order valence-corrected chi connectivity index (χ0v) is 8.57. The van der Waals surface area contributed by atoms with E-state index < -0.39 is 16.9 Å². The maximum atomic E-state index is 12.9. The highest BCUT2D eigenvalue weighted by Gasteiger charge is 2.60. The van der Waals surface area contributed by atoms with Crippen LogP contribution in [0.5, 0.6) is 0 Å². The summed E-state index contributed by atoms with van der Waals surface area (Å²) in [5, 5.41) is 6.06. The molecule has 4 nitrogen and oxygen atoms in total. The maximum absolute atomic E-state index is 12.9. The van der Waals surface area contributed by atoms with E-state index in [2.05, 4.69) is 15.3 Å². The SMILES string of the molecule is FC(F)(F)C(F)(F)n1cc(-c2cccnc2)nn1. The summed E-state index contributed by atoms with van der Waals surface area (Å²) in [5.41, 5.74) is 0.175. The Bertz CT molecular complexity index is 533. The first-order chi connectivity index (χ1) is 8.32. The van der Waals surface area contributed by atoms with Crippen molar-refractivity contribution in [1.29, 1.82) is 0 Å². The highest BCUT2D eigenvalue weighted by Crippen LogP contribution is 2.39. The van der Waals surface area contributed by atoms with Gasteiger partial charge < -0.3 is 0 Å². The minimum atomic E-state index is -5.73. The van der Waals surface area contributed by atoms with Gasteiger partial charge in [0.05, 0.1) is 6.20 Å². The molecule has 0 radical (unpaired) electrons. The molecule has 0 spiro atoms. The molecule has 2 aromatic heterocycles. The molecule has 2 heterocycles. The third kappa shape index (κ3) is 2.03. The van der Waals surface area contributed by atoms with E-state index in [0.717, 1.165) is 0 Å². The molecule has 0 aromatic carbocycles. The fourth-order valence-corrected chi connectivity index (χ4v) is 1.18. The van der Waals surface area contributed by atoms with Crippen LogP contribution in [0.3, 0.4) is 0 Å². The van der Waals surface area contributed by atoms with Crippen molar-refractivity contribution in [1.82, 2.24) is 20.0 Å². The Morgan fingerprint density at radius 3 is 2.39 bits per heavy atom. The number of alkyl halides is 5. The molecule has 0 aliphatic heterocycles. The molecule has 0 saturated heterocycles. The van der Waals surface area contributed by atoms with Crippen molar-refractivity contribution in [3.8, 4) is 11.3 Å². The Labute approximate surface area is 97.1 Å².